The average Bonchev–Trinajstić information content (AvgIpc) is 2.59. The van der Waals surface area contributed by atoms with Gasteiger partial charge in [0.15, 0.2) is 0 Å². The standard InChI is InChI=1S/C18H18N2O3/c1-13-16-9-5-6-10-17(16)18(22)20(19-13)11-14(21)12-23-15-7-3-2-4-8-15/h2-10,14,21H,11-12H2,1H3/t14-/m1/s1. The first-order valence-electron chi connectivity index (χ1n) is 7.47. The number of hydrogen-bond donors (Lipinski definition) is 1. The Morgan fingerprint density at radius 3 is 2.48 bits per heavy atom. The minimum Gasteiger partial charge on any atom is -0.491 e. The Bertz CT molecular complexity index is 859. The van der Waals surface area contributed by atoms with E-state index in [0.717, 1.165) is 11.1 Å². The smallest absolute Gasteiger partial charge is 0.274 e. The van der Waals surface area contributed by atoms with Crippen molar-refractivity contribution in [2.45, 2.75) is 19.6 Å². The van der Waals surface area contributed by atoms with Crippen LogP contribution >= 0.6 is 0 Å². The lowest BCUT2D eigenvalue weighted by Gasteiger charge is -2.14. The summed E-state index contributed by atoms with van der Waals surface area (Å²) < 4.78 is 6.81. The molecule has 0 saturated heterocycles. The molecule has 1 heterocycles. The molecule has 0 aliphatic carbocycles. The third-order valence-corrected chi connectivity index (χ3v) is 3.62. The highest BCUT2D eigenvalue weighted by Crippen LogP contribution is 2.12. The number of ether oxygens (including phenoxy) is 1. The van der Waals surface area contributed by atoms with Gasteiger partial charge in [0.25, 0.3) is 5.56 Å². The third kappa shape index (κ3) is 3.40. The van der Waals surface area contributed by atoms with Crippen LogP contribution in [-0.2, 0) is 6.54 Å². The van der Waals surface area contributed by atoms with Gasteiger partial charge in [-0.15, -0.1) is 0 Å². The predicted molar refractivity (Wildman–Crippen MR) is 88.7 cm³/mol. The van der Waals surface area contributed by atoms with Crippen LogP contribution in [0.15, 0.2) is 59.4 Å². The summed E-state index contributed by atoms with van der Waals surface area (Å²) in [5, 5.41) is 15.9. The maximum absolute atomic E-state index is 12.4. The molecule has 0 aliphatic heterocycles. The number of hydrogen-bond acceptors (Lipinski definition) is 4. The molecule has 1 N–H and O–H groups in total. The van der Waals surface area contributed by atoms with E-state index in [1.165, 1.54) is 4.68 Å². The molecule has 0 aliphatic rings. The number of aryl methyl sites for hydroxylation is 1. The van der Waals surface area contributed by atoms with E-state index in [4.69, 9.17) is 4.74 Å². The first-order valence-corrected chi connectivity index (χ1v) is 7.47. The summed E-state index contributed by atoms with van der Waals surface area (Å²) in [4.78, 5) is 12.4. The molecule has 5 heteroatoms. The fourth-order valence-corrected chi connectivity index (χ4v) is 2.49. The van der Waals surface area contributed by atoms with Crippen molar-refractivity contribution in [2.75, 3.05) is 6.61 Å². The van der Waals surface area contributed by atoms with Crippen LogP contribution < -0.4 is 10.3 Å². The van der Waals surface area contributed by atoms with Crippen molar-refractivity contribution in [2.24, 2.45) is 0 Å². The van der Waals surface area contributed by atoms with Crippen molar-refractivity contribution in [3.8, 4) is 5.75 Å². The minimum absolute atomic E-state index is 0.0946. The number of para-hydroxylation sites is 1. The predicted octanol–water partition coefficient (Wildman–Crippen LogP) is 2.14. The summed E-state index contributed by atoms with van der Waals surface area (Å²) in [7, 11) is 0. The van der Waals surface area contributed by atoms with Crippen molar-refractivity contribution >= 4 is 10.8 Å². The Kier molecular flexibility index (Phi) is 4.39. The highest BCUT2D eigenvalue weighted by molar-refractivity contribution is 5.83. The Morgan fingerprint density at radius 1 is 1.09 bits per heavy atom. The van der Waals surface area contributed by atoms with E-state index in [9.17, 15) is 9.90 Å². The van der Waals surface area contributed by atoms with E-state index in [1.807, 2.05) is 55.5 Å². The molecule has 3 aromatic rings. The molecule has 0 saturated carbocycles. The Hall–Kier alpha value is -2.66. The fourth-order valence-electron chi connectivity index (χ4n) is 2.49. The summed E-state index contributed by atoms with van der Waals surface area (Å²) >= 11 is 0. The molecule has 0 amide bonds. The molecule has 0 bridgehead atoms. The second kappa shape index (κ2) is 6.62. The Balaban J connectivity index is 1.76. The normalized spacial score (nSPS) is 12.3. The number of aliphatic hydroxyl groups excluding tert-OH is 1. The number of nitrogens with zero attached hydrogens (tertiary/aromatic N) is 2. The van der Waals surface area contributed by atoms with E-state index in [1.54, 1.807) is 6.07 Å². The first-order chi connectivity index (χ1) is 11.1. The summed E-state index contributed by atoms with van der Waals surface area (Å²) in [6, 6.07) is 16.6. The molecular formula is C18H18N2O3. The maximum Gasteiger partial charge on any atom is 0.274 e. The largest absolute Gasteiger partial charge is 0.491 e. The average molecular weight is 310 g/mol. The van der Waals surface area contributed by atoms with Crippen LogP contribution in [0.2, 0.25) is 0 Å². The van der Waals surface area contributed by atoms with Gasteiger partial charge in [-0.2, -0.15) is 5.10 Å². The Labute approximate surface area is 133 Å². The van der Waals surface area contributed by atoms with Crippen LogP contribution in [0.5, 0.6) is 5.75 Å². The maximum atomic E-state index is 12.4. The molecule has 0 fully saturated rings. The summed E-state index contributed by atoms with van der Waals surface area (Å²) in [6.45, 7) is 2.05. The molecule has 118 valence electrons. The van der Waals surface area contributed by atoms with Gasteiger partial charge in [0.05, 0.1) is 17.6 Å². The number of fused-ring (bicyclic) bond motifs is 1. The molecule has 1 aromatic heterocycles. The third-order valence-electron chi connectivity index (χ3n) is 3.62. The van der Waals surface area contributed by atoms with Crippen LogP contribution in [0.4, 0.5) is 0 Å². The van der Waals surface area contributed by atoms with E-state index < -0.39 is 6.10 Å². The highest BCUT2D eigenvalue weighted by Gasteiger charge is 2.12. The van der Waals surface area contributed by atoms with Crippen molar-refractivity contribution in [3.63, 3.8) is 0 Å². The zero-order valence-corrected chi connectivity index (χ0v) is 12.8. The van der Waals surface area contributed by atoms with Gasteiger partial charge in [-0.05, 0) is 25.1 Å². The number of aliphatic hydroxyl groups is 1. The lowest BCUT2D eigenvalue weighted by Crippen LogP contribution is -2.32. The van der Waals surface area contributed by atoms with Gasteiger partial charge in [-0.3, -0.25) is 4.79 Å². The zero-order valence-electron chi connectivity index (χ0n) is 12.8. The quantitative estimate of drug-likeness (QED) is 0.784. The van der Waals surface area contributed by atoms with E-state index in [0.29, 0.717) is 11.1 Å². The van der Waals surface area contributed by atoms with Gasteiger partial charge in [-0.1, -0.05) is 36.4 Å². The minimum atomic E-state index is -0.819. The van der Waals surface area contributed by atoms with Gasteiger partial charge < -0.3 is 9.84 Å². The Morgan fingerprint density at radius 2 is 1.74 bits per heavy atom. The number of aromatic nitrogens is 2. The lowest BCUT2D eigenvalue weighted by atomic mass is 10.1. The second-order valence-corrected chi connectivity index (χ2v) is 5.40. The van der Waals surface area contributed by atoms with Gasteiger partial charge in [0.1, 0.15) is 18.5 Å². The molecule has 0 radical (unpaired) electrons. The molecule has 0 unspecified atom stereocenters. The summed E-state index contributed by atoms with van der Waals surface area (Å²) in [6.07, 6.45) is -0.819. The molecular weight excluding hydrogens is 292 g/mol. The lowest BCUT2D eigenvalue weighted by molar-refractivity contribution is 0.0880. The molecule has 0 spiro atoms. The van der Waals surface area contributed by atoms with Crippen LogP contribution in [0, 0.1) is 6.92 Å². The number of rotatable bonds is 5. The van der Waals surface area contributed by atoms with Crippen LogP contribution in [0.3, 0.4) is 0 Å². The van der Waals surface area contributed by atoms with E-state index in [2.05, 4.69) is 5.10 Å². The SMILES string of the molecule is Cc1nn(C[C@@H](O)COc2ccccc2)c(=O)c2ccccc12. The van der Waals surface area contributed by atoms with Gasteiger partial charge in [0.2, 0.25) is 0 Å². The molecule has 23 heavy (non-hydrogen) atoms. The first kappa shape index (κ1) is 15.2. The van der Waals surface area contributed by atoms with Crippen molar-refractivity contribution in [1.29, 1.82) is 0 Å². The van der Waals surface area contributed by atoms with Crippen LogP contribution in [-0.4, -0.2) is 27.6 Å². The monoisotopic (exact) mass is 310 g/mol. The van der Waals surface area contributed by atoms with Crippen molar-refractivity contribution in [1.82, 2.24) is 9.78 Å². The highest BCUT2D eigenvalue weighted by atomic mass is 16.5. The van der Waals surface area contributed by atoms with Crippen molar-refractivity contribution in [3.05, 3.63) is 70.6 Å². The van der Waals surface area contributed by atoms with E-state index >= 15 is 0 Å². The van der Waals surface area contributed by atoms with Crippen molar-refractivity contribution < 1.29 is 9.84 Å². The summed E-state index contributed by atoms with van der Waals surface area (Å²) in [5.74, 6) is 0.682. The van der Waals surface area contributed by atoms with Gasteiger partial charge in [0, 0.05) is 5.39 Å². The van der Waals surface area contributed by atoms with Gasteiger partial charge >= 0.3 is 0 Å². The summed E-state index contributed by atoms with van der Waals surface area (Å²) in [5.41, 5.74) is 0.557. The van der Waals surface area contributed by atoms with Crippen LogP contribution in [0.1, 0.15) is 5.69 Å². The van der Waals surface area contributed by atoms with Crippen LogP contribution in [0.25, 0.3) is 10.8 Å². The topological polar surface area (TPSA) is 64.3 Å². The number of benzene rings is 2. The van der Waals surface area contributed by atoms with Gasteiger partial charge in [-0.25, -0.2) is 4.68 Å². The molecule has 3 rings (SSSR count). The molecule has 1 atom stereocenters. The second-order valence-electron chi connectivity index (χ2n) is 5.40. The van der Waals surface area contributed by atoms with E-state index in [-0.39, 0.29) is 18.7 Å². The molecule has 5 nitrogen and oxygen atoms in total. The molecule has 2 aromatic carbocycles. The fraction of sp³-hybridized carbons (Fsp3) is 0.222. The zero-order chi connectivity index (χ0) is 16.2.